The van der Waals surface area contributed by atoms with Gasteiger partial charge in [-0.2, -0.15) is 0 Å². The fraction of sp³-hybridized carbons (Fsp3) is 0.238. The van der Waals surface area contributed by atoms with E-state index in [9.17, 15) is 0 Å². The third-order valence-electron chi connectivity index (χ3n) is 4.13. The summed E-state index contributed by atoms with van der Waals surface area (Å²) < 4.78 is 5.83. The zero-order chi connectivity index (χ0) is 16.1. The predicted molar refractivity (Wildman–Crippen MR) is 98.9 cm³/mol. The molecule has 0 aliphatic heterocycles. The molecule has 0 saturated carbocycles. The average molecular weight is 305 g/mol. The van der Waals surface area contributed by atoms with E-state index < -0.39 is 0 Å². The molecule has 0 aliphatic rings. The van der Waals surface area contributed by atoms with Crippen LogP contribution in [0.4, 0.5) is 5.69 Å². The van der Waals surface area contributed by atoms with E-state index in [-0.39, 0.29) is 0 Å². The van der Waals surface area contributed by atoms with Gasteiger partial charge in [0.1, 0.15) is 0 Å². The van der Waals surface area contributed by atoms with Gasteiger partial charge >= 0.3 is 0 Å². The van der Waals surface area contributed by atoms with Crippen molar-refractivity contribution in [3.63, 3.8) is 0 Å². The molecule has 0 unspecified atom stereocenters. The largest absolute Gasteiger partial charge is 0.462 e. The fourth-order valence-electron chi connectivity index (χ4n) is 2.97. The quantitative estimate of drug-likeness (QED) is 0.538. The molecule has 3 rings (SSSR count). The van der Waals surface area contributed by atoms with E-state index in [1.54, 1.807) is 6.26 Å². The molecule has 1 N–H and O–H groups in total. The van der Waals surface area contributed by atoms with Crippen molar-refractivity contribution in [1.29, 1.82) is 0 Å². The van der Waals surface area contributed by atoms with Crippen LogP contribution in [0, 0.1) is 0 Å². The maximum atomic E-state index is 5.83. The lowest BCUT2D eigenvalue weighted by atomic mass is 9.95. The lowest BCUT2D eigenvalue weighted by molar-refractivity contribution is 0.616. The topological polar surface area (TPSA) is 25.2 Å². The van der Waals surface area contributed by atoms with E-state index in [0.717, 1.165) is 29.6 Å². The van der Waals surface area contributed by atoms with Crippen molar-refractivity contribution in [3.05, 3.63) is 66.9 Å². The second kappa shape index (κ2) is 7.19. The van der Waals surface area contributed by atoms with Gasteiger partial charge < -0.3 is 9.73 Å². The van der Waals surface area contributed by atoms with Gasteiger partial charge in [-0.05, 0) is 41.7 Å². The Labute approximate surface area is 137 Å². The van der Waals surface area contributed by atoms with Gasteiger partial charge in [0.05, 0.1) is 12.0 Å². The van der Waals surface area contributed by atoms with Crippen LogP contribution in [0.1, 0.15) is 25.3 Å². The minimum atomic E-state index is 0.736. The van der Waals surface area contributed by atoms with Crippen LogP contribution >= 0.6 is 0 Å². The number of furan rings is 1. The molecule has 0 bridgehead atoms. The van der Waals surface area contributed by atoms with E-state index in [1.165, 1.54) is 29.5 Å². The minimum absolute atomic E-state index is 0.736. The van der Waals surface area contributed by atoms with Crippen molar-refractivity contribution in [2.45, 2.75) is 26.2 Å². The van der Waals surface area contributed by atoms with E-state index in [2.05, 4.69) is 55.2 Å². The summed E-state index contributed by atoms with van der Waals surface area (Å²) in [6.45, 7) is 6.77. The third-order valence-corrected chi connectivity index (χ3v) is 4.13. The van der Waals surface area contributed by atoms with E-state index in [0.29, 0.717) is 0 Å². The Balaban J connectivity index is 2.17. The van der Waals surface area contributed by atoms with Gasteiger partial charge in [-0.25, -0.2) is 0 Å². The summed E-state index contributed by atoms with van der Waals surface area (Å²) >= 11 is 0. The van der Waals surface area contributed by atoms with Gasteiger partial charge in [0.15, 0.2) is 5.58 Å². The monoisotopic (exact) mass is 305 g/mol. The minimum Gasteiger partial charge on any atom is -0.462 e. The van der Waals surface area contributed by atoms with E-state index in [4.69, 9.17) is 4.42 Å². The van der Waals surface area contributed by atoms with Crippen LogP contribution < -0.4 is 5.32 Å². The Bertz CT molecular complexity index is 786. The van der Waals surface area contributed by atoms with Crippen molar-refractivity contribution in [1.82, 2.24) is 0 Å². The Morgan fingerprint density at radius 2 is 2.00 bits per heavy atom. The molecule has 0 spiro atoms. The molecule has 0 radical (unpaired) electrons. The molecule has 1 aromatic heterocycles. The normalized spacial score (nSPS) is 10.8. The van der Waals surface area contributed by atoms with E-state index >= 15 is 0 Å². The third kappa shape index (κ3) is 3.16. The number of anilines is 1. The summed E-state index contributed by atoms with van der Waals surface area (Å²) in [6, 6.07) is 14.9. The molecule has 2 aromatic carbocycles. The maximum Gasteiger partial charge on any atom is 0.157 e. The summed E-state index contributed by atoms with van der Waals surface area (Å²) in [4.78, 5) is 0. The van der Waals surface area contributed by atoms with Crippen molar-refractivity contribution >= 4 is 16.7 Å². The van der Waals surface area contributed by atoms with Crippen LogP contribution in [0.15, 0.2) is 65.8 Å². The molecule has 0 fully saturated rings. The lowest BCUT2D eigenvalue weighted by Gasteiger charge is -2.15. The SMILES string of the molecule is C=CCNc1c(CCCC)cc(-c2ccccc2)c2ccoc12. The second-order valence-electron chi connectivity index (χ2n) is 5.76. The second-order valence-corrected chi connectivity index (χ2v) is 5.76. The highest BCUT2D eigenvalue weighted by molar-refractivity contribution is 6.01. The molecule has 1 heterocycles. The smallest absolute Gasteiger partial charge is 0.157 e. The number of unbranched alkanes of at least 4 members (excludes halogenated alkanes) is 1. The van der Waals surface area contributed by atoms with Crippen LogP contribution in [0.5, 0.6) is 0 Å². The molecule has 2 heteroatoms. The number of rotatable bonds is 7. The zero-order valence-electron chi connectivity index (χ0n) is 13.6. The highest BCUT2D eigenvalue weighted by Crippen LogP contribution is 2.37. The Morgan fingerprint density at radius 3 is 2.74 bits per heavy atom. The van der Waals surface area contributed by atoms with Crippen molar-refractivity contribution in [2.24, 2.45) is 0 Å². The number of benzene rings is 2. The van der Waals surface area contributed by atoms with Crippen molar-refractivity contribution < 1.29 is 4.42 Å². The Kier molecular flexibility index (Phi) is 4.82. The first-order valence-electron chi connectivity index (χ1n) is 8.28. The molecular formula is C21H23NO. The van der Waals surface area contributed by atoms with Crippen LogP contribution in [0.25, 0.3) is 22.1 Å². The number of hydrogen-bond donors (Lipinski definition) is 1. The molecular weight excluding hydrogens is 282 g/mol. The average Bonchev–Trinajstić information content (AvgIpc) is 3.08. The van der Waals surface area contributed by atoms with Gasteiger partial charge in [0.2, 0.25) is 0 Å². The van der Waals surface area contributed by atoms with Gasteiger partial charge in [0.25, 0.3) is 0 Å². The van der Waals surface area contributed by atoms with Gasteiger partial charge in [-0.15, -0.1) is 6.58 Å². The van der Waals surface area contributed by atoms with Crippen LogP contribution in [0.3, 0.4) is 0 Å². The molecule has 3 aromatic rings. The maximum absolute atomic E-state index is 5.83. The summed E-state index contributed by atoms with van der Waals surface area (Å²) in [5.74, 6) is 0. The van der Waals surface area contributed by atoms with Crippen molar-refractivity contribution in [2.75, 3.05) is 11.9 Å². The summed E-state index contributed by atoms with van der Waals surface area (Å²) in [5.41, 5.74) is 5.84. The van der Waals surface area contributed by atoms with Crippen LogP contribution in [0.2, 0.25) is 0 Å². The summed E-state index contributed by atoms with van der Waals surface area (Å²) in [7, 11) is 0. The number of hydrogen-bond acceptors (Lipinski definition) is 2. The van der Waals surface area contributed by atoms with Gasteiger partial charge in [-0.1, -0.05) is 49.8 Å². The van der Waals surface area contributed by atoms with Gasteiger partial charge in [0, 0.05) is 11.9 Å². The van der Waals surface area contributed by atoms with E-state index in [1.807, 2.05) is 12.1 Å². The first kappa shape index (κ1) is 15.4. The van der Waals surface area contributed by atoms with Crippen LogP contribution in [-0.4, -0.2) is 6.54 Å². The molecule has 23 heavy (non-hydrogen) atoms. The highest BCUT2D eigenvalue weighted by Gasteiger charge is 2.15. The molecule has 118 valence electrons. The lowest BCUT2D eigenvalue weighted by Crippen LogP contribution is -2.03. The Hall–Kier alpha value is -2.48. The van der Waals surface area contributed by atoms with Crippen LogP contribution in [-0.2, 0) is 6.42 Å². The number of fused-ring (bicyclic) bond motifs is 1. The van der Waals surface area contributed by atoms with Gasteiger partial charge in [-0.3, -0.25) is 0 Å². The first-order valence-corrected chi connectivity index (χ1v) is 8.28. The first-order chi connectivity index (χ1) is 11.3. The van der Waals surface area contributed by atoms with Crippen molar-refractivity contribution in [3.8, 4) is 11.1 Å². The predicted octanol–water partition coefficient (Wildman–Crippen LogP) is 6.04. The summed E-state index contributed by atoms with van der Waals surface area (Å²) in [5, 5.41) is 4.62. The molecule has 2 nitrogen and oxygen atoms in total. The number of aryl methyl sites for hydroxylation is 1. The number of nitrogens with one attached hydrogen (secondary N) is 1. The molecule has 0 atom stereocenters. The molecule has 0 aliphatic carbocycles. The standard InChI is InChI=1S/C21H23NO/c1-3-5-9-17-15-19(16-10-7-6-8-11-16)18-12-14-23-21(18)20(17)22-13-4-2/h4,6-8,10-12,14-15,22H,2-3,5,9,13H2,1H3. The molecule has 0 amide bonds. The Morgan fingerprint density at radius 1 is 1.17 bits per heavy atom. The zero-order valence-corrected chi connectivity index (χ0v) is 13.6. The molecule has 0 saturated heterocycles. The summed E-state index contributed by atoms with van der Waals surface area (Å²) in [6.07, 6.45) is 7.05. The highest BCUT2D eigenvalue weighted by atomic mass is 16.3. The fourth-order valence-corrected chi connectivity index (χ4v) is 2.97.